The zero-order valence-electron chi connectivity index (χ0n) is 22.1. The Hall–Kier alpha value is -3.56. The number of rotatable bonds is 6. The van der Waals surface area contributed by atoms with Crippen LogP contribution < -0.4 is 19.4 Å². The molecule has 2 aliphatic rings. The van der Waals surface area contributed by atoms with Gasteiger partial charge < -0.3 is 19.6 Å². The number of hydrogen-bond donors (Lipinski definition) is 1. The zero-order chi connectivity index (χ0) is 27.0. The molecule has 0 aliphatic carbocycles. The maximum atomic E-state index is 13.9. The fraction of sp³-hybridized carbons (Fsp3) is 0.241. The van der Waals surface area contributed by atoms with E-state index in [2.05, 4.69) is 30.9 Å². The van der Waals surface area contributed by atoms with Gasteiger partial charge in [-0.05, 0) is 92.7 Å². The first-order chi connectivity index (χ1) is 18.3. The van der Waals surface area contributed by atoms with Crippen LogP contribution in [0, 0.1) is 6.92 Å². The third-order valence-corrected chi connectivity index (χ3v) is 9.04. The van der Waals surface area contributed by atoms with Gasteiger partial charge in [0.25, 0.3) is 5.91 Å². The molecule has 3 aromatic carbocycles. The Bertz CT molecular complexity index is 1450. The van der Waals surface area contributed by atoms with E-state index < -0.39 is 0 Å². The SMILES string of the molecule is CCN(CC)c1ccc(N=C2SC(=C3Sc4ccc(OC)cc4N3C)C(=O)N2c2ccc(O)cc2)c(C)c1. The maximum Gasteiger partial charge on any atom is 0.274 e. The molecule has 1 N–H and O–H groups in total. The number of benzene rings is 3. The van der Waals surface area contributed by atoms with Crippen molar-refractivity contribution < 1.29 is 14.6 Å². The van der Waals surface area contributed by atoms with Gasteiger partial charge in [0.1, 0.15) is 16.4 Å². The highest BCUT2D eigenvalue weighted by Gasteiger charge is 2.40. The summed E-state index contributed by atoms with van der Waals surface area (Å²) in [6, 6.07) is 18.8. The van der Waals surface area contributed by atoms with Crippen LogP contribution in [0.25, 0.3) is 0 Å². The van der Waals surface area contributed by atoms with Crippen LogP contribution >= 0.6 is 23.5 Å². The first-order valence-corrected chi connectivity index (χ1v) is 14.1. The number of nitrogens with zero attached hydrogens (tertiary/aromatic N) is 4. The smallest absolute Gasteiger partial charge is 0.274 e. The zero-order valence-corrected chi connectivity index (χ0v) is 23.7. The van der Waals surface area contributed by atoms with Crippen LogP contribution in [0.2, 0.25) is 0 Å². The fourth-order valence-electron chi connectivity index (χ4n) is 4.51. The summed E-state index contributed by atoms with van der Waals surface area (Å²) < 4.78 is 5.41. The van der Waals surface area contributed by atoms with Gasteiger partial charge in [-0.3, -0.25) is 9.69 Å². The highest BCUT2D eigenvalue weighted by atomic mass is 32.2. The highest BCUT2D eigenvalue weighted by Crippen LogP contribution is 2.51. The van der Waals surface area contributed by atoms with Crippen molar-refractivity contribution in [3.05, 3.63) is 76.2 Å². The number of aliphatic imine (C=N–C) groups is 1. The van der Waals surface area contributed by atoms with E-state index in [4.69, 9.17) is 9.73 Å². The number of methoxy groups -OCH3 is 1. The van der Waals surface area contributed by atoms with Crippen molar-refractivity contribution in [1.82, 2.24) is 0 Å². The van der Waals surface area contributed by atoms with E-state index in [1.807, 2.05) is 43.1 Å². The molecule has 7 nitrogen and oxygen atoms in total. The van der Waals surface area contributed by atoms with Gasteiger partial charge in [0.2, 0.25) is 0 Å². The predicted molar refractivity (Wildman–Crippen MR) is 159 cm³/mol. The molecule has 1 amide bonds. The molecule has 1 fully saturated rings. The predicted octanol–water partition coefficient (Wildman–Crippen LogP) is 6.73. The van der Waals surface area contributed by atoms with Gasteiger partial charge in [0.15, 0.2) is 5.17 Å². The second kappa shape index (κ2) is 10.7. The summed E-state index contributed by atoms with van der Waals surface area (Å²) in [5, 5.41) is 11.3. The second-order valence-corrected chi connectivity index (χ2v) is 10.9. The molecular weight excluding hydrogens is 516 g/mol. The van der Waals surface area contributed by atoms with Gasteiger partial charge >= 0.3 is 0 Å². The average molecular weight is 547 g/mol. The van der Waals surface area contributed by atoms with Gasteiger partial charge in [-0.2, -0.15) is 0 Å². The number of carbonyl (C=O) groups is 1. The van der Waals surface area contributed by atoms with Crippen LogP contribution in [-0.4, -0.2) is 43.4 Å². The molecular formula is C29H30N4O3S2. The molecule has 0 saturated carbocycles. The van der Waals surface area contributed by atoms with E-state index in [0.717, 1.165) is 51.4 Å². The van der Waals surface area contributed by atoms with E-state index in [1.54, 1.807) is 48.0 Å². The van der Waals surface area contributed by atoms with E-state index >= 15 is 0 Å². The molecule has 9 heteroatoms. The van der Waals surface area contributed by atoms with E-state index in [-0.39, 0.29) is 11.7 Å². The molecule has 196 valence electrons. The Kier molecular flexibility index (Phi) is 7.32. The minimum absolute atomic E-state index is 0.142. The molecule has 0 aromatic heterocycles. The highest BCUT2D eigenvalue weighted by molar-refractivity contribution is 8.20. The standard InChI is InChI=1S/C29H30N4O3S2/c1-6-32(7-2)20-10-14-23(18(3)16-20)30-29-33(19-8-11-21(34)12-9-19)27(35)26(38-29)28-31(4)24-17-22(36-5)13-15-25(24)37-28/h8-17,34H,6-7H2,1-5H3. The van der Waals surface area contributed by atoms with Crippen molar-refractivity contribution in [3.8, 4) is 11.5 Å². The van der Waals surface area contributed by atoms with Crippen LogP contribution in [-0.2, 0) is 4.79 Å². The van der Waals surface area contributed by atoms with Gasteiger partial charge in [0.05, 0.1) is 29.2 Å². The average Bonchev–Trinajstić information content (AvgIpc) is 3.42. The van der Waals surface area contributed by atoms with Crippen LogP contribution in [0.1, 0.15) is 19.4 Å². The number of phenolic OH excluding ortho intramolecular Hbond substituents is 1. The molecule has 0 radical (unpaired) electrons. The molecule has 1 saturated heterocycles. The van der Waals surface area contributed by atoms with Crippen molar-refractivity contribution in [2.24, 2.45) is 4.99 Å². The van der Waals surface area contributed by atoms with Gasteiger partial charge in [0, 0.05) is 36.8 Å². The van der Waals surface area contributed by atoms with Crippen molar-refractivity contribution >= 4 is 57.3 Å². The number of anilines is 3. The Morgan fingerprint density at radius 1 is 1.00 bits per heavy atom. The summed E-state index contributed by atoms with van der Waals surface area (Å²) in [6.45, 7) is 8.19. The first kappa shape index (κ1) is 26.1. The Labute approximate surface area is 231 Å². The van der Waals surface area contributed by atoms with E-state index in [1.165, 1.54) is 11.8 Å². The number of fused-ring (bicyclic) bond motifs is 1. The molecule has 2 heterocycles. The molecule has 38 heavy (non-hydrogen) atoms. The Morgan fingerprint density at radius 3 is 2.39 bits per heavy atom. The summed E-state index contributed by atoms with van der Waals surface area (Å²) in [6.07, 6.45) is 0. The third kappa shape index (κ3) is 4.72. The van der Waals surface area contributed by atoms with Gasteiger partial charge in [-0.25, -0.2) is 4.99 Å². The van der Waals surface area contributed by atoms with Crippen molar-refractivity contribution in [2.45, 2.75) is 25.7 Å². The number of hydrogen-bond acceptors (Lipinski definition) is 8. The Balaban J connectivity index is 1.58. The molecule has 5 rings (SSSR count). The lowest BCUT2D eigenvalue weighted by molar-refractivity contribution is -0.113. The van der Waals surface area contributed by atoms with Gasteiger partial charge in [-0.15, -0.1) is 0 Å². The summed E-state index contributed by atoms with van der Waals surface area (Å²) >= 11 is 2.94. The monoisotopic (exact) mass is 546 g/mol. The summed E-state index contributed by atoms with van der Waals surface area (Å²) in [4.78, 5) is 26.5. The summed E-state index contributed by atoms with van der Waals surface area (Å²) in [7, 11) is 3.61. The number of amidine groups is 1. The first-order valence-electron chi connectivity index (χ1n) is 12.4. The quantitative estimate of drug-likeness (QED) is 0.344. The third-order valence-electron chi connectivity index (χ3n) is 6.65. The van der Waals surface area contributed by atoms with Crippen molar-refractivity contribution in [2.75, 3.05) is 41.9 Å². The van der Waals surface area contributed by atoms with Crippen LogP contribution in [0.5, 0.6) is 11.5 Å². The molecule has 0 atom stereocenters. The molecule has 0 bridgehead atoms. The van der Waals surface area contributed by atoms with E-state index in [9.17, 15) is 9.90 Å². The number of carbonyl (C=O) groups excluding carboxylic acids is 1. The minimum Gasteiger partial charge on any atom is -0.508 e. The molecule has 2 aliphatic heterocycles. The summed E-state index contributed by atoms with van der Waals surface area (Å²) in [5.41, 5.74) is 4.65. The normalized spacial score (nSPS) is 17.9. The number of amides is 1. The van der Waals surface area contributed by atoms with E-state index in [0.29, 0.717) is 15.8 Å². The molecule has 3 aromatic rings. The molecule has 0 unspecified atom stereocenters. The Morgan fingerprint density at radius 2 is 1.74 bits per heavy atom. The minimum atomic E-state index is -0.147. The van der Waals surface area contributed by atoms with Crippen LogP contribution in [0.3, 0.4) is 0 Å². The van der Waals surface area contributed by atoms with Crippen LogP contribution in [0.15, 0.2) is 80.5 Å². The number of aryl methyl sites for hydroxylation is 1. The lowest BCUT2D eigenvalue weighted by Gasteiger charge is -2.22. The van der Waals surface area contributed by atoms with Crippen LogP contribution in [0.4, 0.5) is 22.7 Å². The molecule has 0 spiro atoms. The maximum absolute atomic E-state index is 13.9. The van der Waals surface area contributed by atoms with Gasteiger partial charge in [-0.1, -0.05) is 11.8 Å². The number of thioether (sulfide) groups is 2. The fourth-order valence-corrected chi connectivity index (χ4v) is 6.83. The van der Waals surface area contributed by atoms with Crippen molar-refractivity contribution in [3.63, 3.8) is 0 Å². The van der Waals surface area contributed by atoms with Crippen molar-refractivity contribution in [1.29, 1.82) is 0 Å². The number of aromatic hydroxyl groups is 1. The topological polar surface area (TPSA) is 68.6 Å². The number of phenols is 1. The second-order valence-electron chi connectivity index (χ2n) is 8.93. The lowest BCUT2D eigenvalue weighted by atomic mass is 10.1. The largest absolute Gasteiger partial charge is 0.508 e. The lowest BCUT2D eigenvalue weighted by Crippen LogP contribution is -2.29. The number of ether oxygens (including phenoxy) is 1. The summed E-state index contributed by atoms with van der Waals surface area (Å²) in [5.74, 6) is 0.763.